The van der Waals surface area contributed by atoms with E-state index in [0.717, 1.165) is 19.3 Å². The van der Waals surface area contributed by atoms with E-state index in [-0.39, 0.29) is 24.2 Å². The van der Waals surface area contributed by atoms with Gasteiger partial charge in [-0.1, -0.05) is 148 Å². The number of carbonyl (C=O) groups excluding carboxylic acids is 2. The lowest BCUT2D eigenvalue weighted by Crippen LogP contribution is -2.27. The van der Waals surface area contributed by atoms with Gasteiger partial charge >= 0.3 is 22.1 Å². The van der Waals surface area contributed by atoms with Gasteiger partial charge in [-0.3, -0.25) is 4.55 Å². The van der Waals surface area contributed by atoms with Crippen molar-refractivity contribution in [2.24, 2.45) is 0 Å². The fourth-order valence-electron chi connectivity index (χ4n) is 4.98. The van der Waals surface area contributed by atoms with Gasteiger partial charge in [-0.05, 0) is 25.0 Å². The van der Waals surface area contributed by atoms with Gasteiger partial charge in [0, 0.05) is 0 Å². The molecule has 236 valence electrons. The van der Waals surface area contributed by atoms with Gasteiger partial charge in [0.1, 0.15) is 0 Å². The molecule has 0 fully saturated rings. The summed E-state index contributed by atoms with van der Waals surface area (Å²) in [6.45, 7) is 3.99. The van der Waals surface area contributed by atoms with Gasteiger partial charge in [-0.25, -0.2) is 9.59 Å². The van der Waals surface area contributed by atoms with E-state index in [2.05, 4.69) is 6.92 Å². The van der Waals surface area contributed by atoms with Gasteiger partial charge in [0.2, 0.25) is 5.44 Å². The van der Waals surface area contributed by atoms with E-state index in [1.807, 2.05) is 0 Å². The summed E-state index contributed by atoms with van der Waals surface area (Å²) in [5, 5.41) is 0. The molecule has 0 spiro atoms. The van der Waals surface area contributed by atoms with Crippen molar-refractivity contribution in [2.75, 3.05) is 6.61 Å². The molecule has 1 aromatic carbocycles. The molecular formula is C33H56O7S. The molecule has 1 unspecified atom stereocenters. The zero-order valence-electron chi connectivity index (χ0n) is 25.7. The first-order valence-corrected chi connectivity index (χ1v) is 17.7. The number of hydrogen-bond donors (Lipinski definition) is 1. The average molecular weight is 597 g/mol. The van der Waals surface area contributed by atoms with E-state index in [0.29, 0.717) is 0 Å². The molecule has 0 radical (unpaired) electrons. The fraction of sp³-hybridized carbons (Fsp3) is 0.758. The smallest absolute Gasteiger partial charge is 0.340 e. The number of benzene rings is 1. The molecule has 0 saturated heterocycles. The maximum atomic E-state index is 12.5. The molecule has 0 amide bonds. The Kier molecular flexibility index (Phi) is 21.4. The highest BCUT2D eigenvalue weighted by Gasteiger charge is 2.28. The van der Waals surface area contributed by atoms with Crippen molar-refractivity contribution in [3.8, 4) is 0 Å². The van der Waals surface area contributed by atoms with Gasteiger partial charge in [-0.15, -0.1) is 0 Å². The summed E-state index contributed by atoms with van der Waals surface area (Å²) in [5.74, 6) is -1.66. The molecule has 1 atom stereocenters. The summed E-state index contributed by atoms with van der Waals surface area (Å²) in [6.07, 6.45) is 25.9. The van der Waals surface area contributed by atoms with Crippen LogP contribution in [-0.2, 0) is 19.6 Å². The molecule has 7 nitrogen and oxygen atoms in total. The van der Waals surface area contributed by atoms with Crippen molar-refractivity contribution in [3.05, 3.63) is 35.4 Å². The predicted molar refractivity (Wildman–Crippen MR) is 166 cm³/mol. The van der Waals surface area contributed by atoms with Gasteiger partial charge < -0.3 is 9.47 Å². The first-order valence-electron chi connectivity index (χ1n) is 16.2. The minimum Gasteiger partial charge on any atom is -0.462 e. The molecule has 1 rings (SSSR count). The van der Waals surface area contributed by atoms with Gasteiger partial charge in [0.05, 0.1) is 17.7 Å². The molecule has 0 aliphatic rings. The summed E-state index contributed by atoms with van der Waals surface area (Å²) >= 11 is 0. The van der Waals surface area contributed by atoms with Crippen LogP contribution in [0, 0.1) is 0 Å². The van der Waals surface area contributed by atoms with Crippen LogP contribution < -0.4 is 0 Å². The molecule has 0 bridgehead atoms. The Balaban J connectivity index is 2.04. The van der Waals surface area contributed by atoms with Crippen molar-refractivity contribution < 1.29 is 32.0 Å². The maximum Gasteiger partial charge on any atom is 0.340 e. The van der Waals surface area contributed by atoms with Crippen LogP contribution in [0.2, 0.25) is 0 Å². The van der Waals surface area contributed by atoms with Crippen LogP contribution in [0.1, 0.15) is 169 Å². The van der Waals surface area contributed by atoms with Crippen molar-refractivity contribution >= 4 is 22.1 Å². The summed E-state index contributed by atoms with van der Waals surface area (Å²) in [4.78, 5) is 25.0. The second-order valence-electron chi connectivity index (χ2n) is 11.2. The van der Waals surface area contributed by atoms with Gasteiger partial charge in [-0.2, -0.15) is 8.42 Å². The van der Waals surface area contributed by atoms with E-state index in [1.165, 1.54) is 128 Å². The van der Waals surface area contributed by atoms with Crippen LogP contribution in [0.15, 0.2) is 24.3 Å². The Hall–Kier alpha value is -1.93. The van der Waals surface area contributed by atoms with E-state index < -0.39 is 27.5 Å². The molecule has 0 aliphatic heterocycles. The second kappa shape index (κ2) is 23.6. The molecule has 41 heavy (non-hydrogen) atoms. The largest absolute Gasteiger partial charge is 0.462 e. The summed E-state index contributed by atoms with van der Waals surface area (Å²) in [7, 11) is -4.55. The second-order valence-corrected chi connectivity index (χ2v) is 12.7. The van der Waals surface area contributed by atoms with Crippen LogP contribution in [0.4, 0.5) is 0 Å². The molecule has 0 saturated carbocycles. The lowest BCUT2D eigenvalue weighted by molar-refractivity contribution is 0.0402. The first kappa shape index (κ1) is 37.1. The van der Waals surface area contributed by atoms with Crippen LogP contribution in [0.25, 0.3) is 0 Å². The van der Waals surface area contributed by atoms with E-state index in [1.54, 1.807) is 12.1 Å². The highest BCUT2D eigenvalue weighted by Crippen LogP contribution is 2.17. The first-order chi connectivity index (χ1) is 19.8. The van der Waals surface area contributed by atoms with E-state index >= 15 is 0 Å². The zero-order chi connectivity index (χ0) is 30.2. The predicted octanol–water partition coefficient (Wildman–Crippen LogP) is 9.45. The fourth-order valence-corrected chi connectivity index (χ4v) is 5.61. The molecule has 0 heterocycles. The maximum absolute atomic E-state index is 12.5. The molecule has 1 aromatic rings. The zero-order valence-corrected chi connectivity index (χ0v) is 26.6. The van der Waals surface area contributed by atoms with Crippen LogP contribution in [0.5, 0.6) is 0 Å². The number of hydrogen-bond acceptors (Lipinski definition) is 6. The van der Waals surface area contributed by atoms with Crippen LogP contribution in [-0.4, -0.2) is 37.0 Å². The van der Waals surface area contributed by atoms with Crippen molar-refractivity contribution in [3.63, 3.8) is 0 Å². The number of ether oxygens (including phenoxy) is 2. The molecule has 1 N–H and O–H groups in total. The number of esters is 2. The summed E-state index contributed by atoms with van der Waals surface area (Å²) in [6, 6.07) is 5.93. The number of unbranched alkanes of at least 4 members (excludes halogenated alkanes) is 19. The van der Waals surface area contributed by atoms with E-state index in [4.69, 9.17) is 9.47 Å². The van der Waals surface area contributed by atoms with Gasteiger partial charge in [0.25, 0.3) is 0 Å². The van der Waals surface area contributed by atoms with Crippen molar-refractivity contribution in [1.29, 1.82) is 0 Å². The third-order valence-electron chi connectivity index (χ3n) is 7.50. The van der Waals surface area contributed by atoms with Crippen LogP contribution in [0.3, 0.4) is 0 Å². The molecule has 0 aromatic heterocycles. The number of carbonyl (C=O) groups is 2. The van der Waals surface area contributed by atoms with Crippen LogP contribution >= 0.6 is 0 Å². The van der Waals surface area contributed by atoms with Crippen molar-refractivity contribution in [2.45, 2.75) is 154 Å². The average Bonchev–Trinajstić information content (AvgIpc) is 2.95. The SMILES string of the molecule is CCCCCCCCCCCCCCCCCCCCCCOC(=O)c1ccccc1C(=O)OC(CC)S(=O)(=O)O. The molecular weight excluding hydrogens is 540 g/mol. The highest BCUT2D eigenvalue weighted by atomic mass is 32.2. The topological polar surface area (TPSA) is 107 Å². The Bertz CT molecular complexity index is 929. The Morgan fingerprint density at radius 2 is 1.00 bits per heavy atom. The summed E-state index contributed by atoms with van der Waals surface area (Å²) < 4.78 is 42.1. The van der Waals surface area contributed by atoms with E-state index in [9.17, 15) is 22.6 Å². The third kappa shape index (κ3) is 18.3. The van der Waals surface area contributed by atoms with Crippen molar-refractivity contribution in [1.82, 2.24) is 0 Å². The summed E-state index contributed by atoms with van der Waals surface area (Å²) in [5.41, 5.74) is -1.77. The highest BCUT2D eigenvalue weighted by molar-refractivity contribution is 7.86. The normalized spacial score (nSPS) is 12.3. The quantitative estimate of drug-likeness (QED) is 0.0644. The standard InChI is InChI=1S/C33H56O7S/c1-3-5-6-7-8-9-10-11-12-13-14-15-16-17-18-19-20-21-22-25-28-39-32(34)29-26-23-24-27-30(29)33(35)40-31(4-2)41(36,37)38/h23-24,26-27,31H,3-22,25,28H2,1-2H3,(H,36,37,38). The van der Waals surface area contributed by atoms with Gasteiger partial charge in [0.15, 0.2) is 0 Å². The minimum absolute atomic E-state index is 0.0101. The Morgan fingerprint density at radius 3 is 1.37 bits per heavy atom. The number of rotatable bonds is 26. The minimum atomic E-state index is -4.55. The molecule has 8 heteroatoms. The Labute approximate surface area is 249 Å². The third-order valence-corrected chi connectivity index (χ3v) is 8.60. The lowest BCUT2D eigenvalue weighted by Gasteiger charge is -2.14. The Morgan fingerprint density at radius 1 is 0.634 bits per heavy atom. The monoisotopic (exact) mass is 596 g/mol. The molecule has 0 aliphatic carbocycles. The lowest BCUT2D eigenvalue weighted by atomic mass is 10.0.